The van der Waals surface area contributed by atoms with E-state index < -0.39 is 0 Å². The van der Waals surface area contributed by atoms with Gasteiger partial charge in [-0.25, -0.2) is 0 Å². The number of hydrogen-bond acceptors (Lipinski definition) is 2. The number of ether oxygens (including phenoxy) is 1. The van der Waals surface area contributed by atoms with Crippen molar-refractivity contribution in [2.75, 3.05) is 14.2 Å². The molecule has 0 radical (unpaired) electrons. The van der Waals surface area contributed by atoms with Crippen molar-refractivity contribution in [2.45, 2.75) is 32.9 Å². The summed E-state index contributed by atoms with van der Waals surface area (Å²) in [5.41, 5.74) is 1.33. The SMILES string of the molecule is COc1ccc(C(C)N(C)C(C)C)cc1. The van der Waals surface area contributed by atoms with Crippen LogP contribution in [0.25, 0.3) is 0 Å². The van der Waals surface area contributed by atoms with Crippen molar-refractivity contribution < 1.29 is 4.74 Å². The lowest BCUT2D eigenvalue weighted by Gasteiger charge is -2.28. The third kappa shape index (κ3) is 2.96. The van der Waals surface area contributed by atoms with Crippen LogP contribution in [0.5, 0.6) is 5.75 Å². The van der Waals surface area contributed by atoms with Crippen LogP contribution in [0.15, 0.2) is 24.3 Å². The molecule has 0 heterocycles. The first-order chi connectivity index (χ1) is 7.06. The van der Waals surface area contributed by atoms with Gasteiger partial charge in [-0.15, -0.1) is 0 Å². The first-order valence-electron chi connectivity index (χ1n) is 5.42. The van der Waals surface area contributed by atoms with Crippen molar-refractivity contribution in [3.05, 3.63) is 29.8 Å². The standard InChI is InChI=1S/C13H21NO/c1-10(2)14(4)11(3)12-6-8-13(15-5)9-7-12/h6-11H,1-5H3. The van der Waals surface area contributed by atoms with Gasteiger partial charge < -0.3 is 4.74 Å². The number of methoxy groups -OCH3 is 1. The van der Waals surface area contributed by atoms with Gasteiger partial charge in [-0.2, -0.15) is 0 Å². The molecule has 15 heavy (non-hydrogen) atoms. The smallest absolute Gasteiger partial charge is 0.118 e. The molecule has 0 N–H and O–H groups in total. The van der Waals surface area contributed by atoms with E-state index in [4.69, 9.17) is 4.74 Å². The molecule has 0 aliphatic heterocycles. The zero-order valence-electron chi connectivity index (χ0n) is 10.3. The van der Waals surface area contributed by atoms with Gasteiger partial charge in [0.15, 0.2) is 0 Å². The molecule has 1 rings (SSSR count). The van der Waals surface area contributed by atoms with Gasteiger partial charge in [0, 0.05) is 12.1 Å². The molecule has 84 valence electrons. The summed E-state index contributed by atoms with van der Waals surface area (Å²) in [5, 5.41) is 0. The molecular formula is C13H21NO. The van der Waals surface area contributed by atoms with E-state index in [-0.39, 0.29) is 0 Å². The largest absolute Gasteiger partial charge is 0.497 e. The summed E-state index contributed by atoms with van der Waals surface area (Å²) in [7, 11) is 3.85. The zero-order chi connectivity index (χ0) is 11.4. The Labute approximate surface area is 92.9 Å². The first-order valence-corrected chi connectivity index (χ1v) is 5.42. The highest BCUT2D eigenvalue weighted by atomic mass is 16.5. The molecule has 0 aromatic heterocycles. The molecule has 1 aromatic carbocycles. The Kier molecular flexibility index (Phi) is 4.15. The maximum absolute atomic E-state index is 5.14. The Balaban J connectivity index is 2.78. The lowest BCUT2D eigenvalue weighted by Crippen LogP contribution is -2.29. The Morgan fingerprint density at radius 2 is 1.60 bits per heavy atom. The van der Waals surface area contributed by atoms with Crippen LogP contribution in [0.3, 0.4) is 0 Å². The number of benzene rings is 1. The Morgan fingerprint density at radius 3 is 2.00 bits per heavy atom. The van der Waals surface area contributed by atoms with Gasteiger partial charge in [0.1, 0.15) is 5.75 Å². The van der Waals surface area contributed by atoms with Gasteiger partial charge >= 0.3 is 0 Å². The molecule has 0 saturated carbocycles. The van der Waals surface area contributed by atoms with E-state index in [9.17, 15) is 0 Å². The summed E-state index contributed by atoms with van der Waals surface area (Å²) >= 11 is 0. The van der Waals surface area contributed by atoms with E-state index in [1.165, 1.54) is 5.56 Å². The third-order valence-electron chi connectivity index (χ3n) is 3.02. The van der Waals surface area contributed by atoms with Gasteiger partial charge in [0.05, 0.1) is 7.11 Å². The lowest BCUT2D eigenvalue weighted by atomic mass is 10.1. The predicted octanol–water partition coefficient (Wildman–Crippen LogP) is 3.10. The topological polar surface area (TPSA) is 12.5 Å². The predicted molar refractivity (Wildman–Crippen MR) is 64.3 cm³/mol. The van der Waals surface area contributed by atoms with Crippen LogP contribution in [-0.2, 0) is 0 Å². The highest BCUT2D eigenvalue weighted by Gasteiger charge is 2.13. The van der Waals surface area contributed by atoms with Crippen LogP contribution in [0.2, 0.25) is 0 Å². The van der Waals surface area contributed by atoms with Crippen molar-refractivity contribution in [2.24, 2.45) is 0 Å². The van der Waals surface area contributed by atoms with E-state index in [1.54, 1.807) is 7.11 Å². The van der Waals surface area contributed by atoms with Crippen LogP contribution in [0.1, 0.15) is 32.4 Å². The molecule has 1 unspecified atom stereocenters. The minimum absolute atomic E-state index is 0.441. The lowest BCUT2D eigenvalue weighted by molar-refractivity contribution is 0.210. The average Bonchev–Trinajstić information content (AvgIpc) is 2.27. The van der Waals surface area contributed by atoms with Gasteiger partial charge in [-0.1, -0.05) is 12.1 Å². The summed E-state index contributed by atoms with van der Waals surface area (Å²) in [6.45, 7) is 6.64. The molecule has 1 atom stereocenters. The van der Waals surface area contributed by atoms with Crippen LogP contribution >= 0.6 is 0 Å². The maximum Gasteiger partial charge on any atom is 0.118 e. The number of nitrogens with zero attached hydrogens (tertiary/aromatic N) is 1. The van der Waals surface area contributed by atoms with Gasteiger partial charge in [0.2, 0.25) is 0 Å². The third-order valence-corrected chi connectivity index (χ3v) is 3.02. The van der Waals surface area contributed by atoms with Crippen molar-refractivity contribution >= 4 is 0 Å². The molecule has 0 amide bonds. The van der Waals surface area contributed by atoms with Crippen molar-refractivity contribution in [3.63, 3.8) is 0 Å². The second-order valence-electron chi connectivity index (χ2n) is 4.21. The normalized spacial score (nSPS) is 13.3. The quantitative estimate of drug-likeness (QED) is 0.752. The number of hydrogen-bond donors (Lipinski definition) is 0. The second-order valence-corrected chi connectivity index (χ2v) is 4.21. The molecule has 2 heteroatoms. The molecule has 0 saturated heterocycles. The summed E-state index contributed by atoms with van der Waals surface area (Å²) in [5.74, 6) is 0.915. The Hall–Kier alpha value is -1.02. The highest BCUT2D eigenvalue weighted by Crippen LogP contribution is 2.22. The average molecular weight is 207 g/mol. The Bertz CT molecular complexity index is 292. The maximum atomic E-state index is 5.14. The summed E-state index contributed by atoms with van der Waals surface area (Å²) in [6.07, 6.45) is 0. The molecule has 0 aliphatic carbocycles. The highest BCUT2D eigenvalue weighted by molar-refractivity contribution is 5.28. The van der Waals surface area contributed by atoms with Crippen LogP contribution < -0.4 is 4.74 Å². The van der Waals surface area contributed by atoms with E-state index in [2.05, 4.69) is 44.9 Å². The minimum Gasteiger partial charge on any atom is -0.497 e. The van der Waals surface area contributed by atoms with Gasteiger partial charge in [0.25, 0.3) is 0 Å². The number of rotatable bonds is 4. The van der Waals surface area contributed by atoms with Gasteiger partial charge in [-0.3, -0.25) is 4.90 Å². The van der Waals surface area contributed by atoms with E-state index in [1.807, 2.05) is 12.1 Å². The molecular weight excluding hydrogens is 186 g/mol. The van der Waals surface area contributed by atoms with Crippen molar-refractivity contribution in [1.29, 1.82) is 0 Å². The molecule has 0 fully saturated rings. The van der Waals surface area contributed by atoms with Crippen LogP contribution in [0, 0.1) is 0 Å². The molecule has 0 bridgehead atoms. The fraction of sp³-hybridized carbons (Fsp3) is 0.538. The summed E-state index contributed by atoms with van der Waals surface area (Å²) < 4.78 is 5.14. The monoisotopic (exact) mass is 207 g/mol. The fourth-order valence-electron chi connectivity index (χ4n) is 1.56. The van der Waals surface area contributed by atoms with Crippen molar-refractivity contribution in [1.82, 2.24) is 4.90 Å². The summed E-state index contributed by atoms with van der Waals surface area (Å²) in [4.78, 5) is 2.35. The van der Waals surface area contributed by atoms with E-state index in [0.29, 0.717) is 12.1 Å². The van der Waals surface area contributed by atoms with Crippen molar-refractivity contribution in [3.8, 4) is 5.75 Å². The molecule has 1 aromatic rings. The second kappa shape index (κ2) is 5.17. The summed E-state index contributed by atoms with van der Waals surface area (Å²) in [6, 6.07) is 9.28. The van der Waals surface area contributed by atoms with Crippen LogP contribution in [-0.4, -0.2) is 25.1 Å². The van der Waals surface area contributed by atoms with E-state index in [0.717, 1.165) is 5.75 Å². The van der Waals surface area contributed by atoms with E-state index >= 15 is 0 Å². The van der Waals surface area contributed by atoms with Gasteiger partial charge in [-0.05, 0) is 45.5 Å². The van der Waals surface area contributed by atoms with Crippen LogP contribution in [0.4, 0.5) is 0 Å². The Morgan fingerprint density at radius 1 is 1.07 bits per heavy atom. The molecule has 0 spiro atoms. The minimum atomic E-state index is 0.441. The zero-order valence-corrected chi connectivity index (χ0v) is 10.3. The fourth-order valence-corrected chi connectivity index (χ4v) is 1.56. The first kappa shape index (κ1) is 12.1. The molecule has 2 nitrogen and oxygen atoms in total. The molecule has 0 aliphatic rings.